The van der Waals surface area contributed by atoms with Gasteiger partial charge in [0, 0.05) is 15.2 Å². The Balaban J connectivity index is 1.25. The summed E-state index contributed by atoms with van der Waals surface area (Å²) in [7, 11) is 0. The summed E-state index contributed by atoms with van der Waals surface area (Å²) in [6, 6.07) is 48.8. The van der Waals surface area contributed by atoms with Crippen molar-refractivity contribution in [3.63, 3.8) is 0 Å². The first-order valence-electron chi connectivity index (χ1n) is 13.2. The Hall–Kier alpha value is -4.20. The van der Waals surface area contributed by atoms with E-state index in [0.717, 1.165) is 0 Å². The summed E-state index contributed by atoms with van der Waals surface area (Å²) in [5.41, 5.74) is 13.1. The Labute approximate surface area is 228 Å². The molecule has 1 aliphatic rings. The van der Waals surface area contributed by atoms with E-state index in [2.05, 4.69) is 147 Å². The van der Waals surface area contributed by atoms with Crippen molar-refractivity contribution in [2.45, 2.75) is 19.3 Å². The Morgan fingerprint density at radius 3 is 1.50 bits per heavy atom. The Morgan fingerprint density at radius 2 is 0.868 bits per heavy atom. The summed E-state index contributed by atoms with van der Waals surface area (Å²) in [6.07, 6.45) is 0. The van der Waals surface area contributed by atoms with Crippen LogP contribution in [0.1, 0.15) is 25.0 Å². The van der Waals surface area contributed by atoms with Crippen LogP contribution in [0.5, 0.6) is 0 Å². The molecule has 7 rings (SSSR count). The highest BCUT2D eigenvalue weighted by Crippen LogP contribution is 2.50. The van der Waals surface area contributed by atoms with Gasteiger partial charge in [-0.1, -0.05) is 117 Å². The number of thiophene rings is 1. The van der Waals surface area contributed by atoms with Gasteiger partial charge in [0.05, 0.1) is 0 Å². The minimum Gasteiger partial charge on any atom is -0.135 e. The van der Waals surface area contributed by atoms with Crippen molar-refractivity contribution in [1.29, 1.82) is 0 Å². The molecule has 0 saturated heterocycles. The van der Waals surface area contributed by atoms with Gasteiger partial charge >= 0.3 is 0 Å². The molecule has 1 heteroatoms. The molecule has 6 aromatic rings. The number of hydrogen-bond acceptors (Lipinski definition) is 1. The van der Waals surface area contributed by atoms with Crippen molar-refractivity contribution in [3.05, 3.63) is 145 Å². The molecule has 0 unspecified atom stereocenters. The van der Waals surface area contributed by atoms with E-state index in [1.54, 1.807) is 0 Å². The molecule has 0 nitrogen and oxygen atoms in total. The molecule has 0 aliphatic heterocycles. The fourth-order valence-electron chi connectivity index (χ4n) is 5.83. The molecule has 38 heavy (non-hydrogen) atoms. The third kappa shape index (κ3) is 3.83. The van der Waals surface area contributed by atoms with Gasteiger partial charge in [-0.3, -0.25) is 0 Å². The molecule has 0 radical (unpaired) electrons. The molecule has 182 valence electrons. The molecular formula is C37H28S. The van der Waals surface area contributed by atoms with Crippen LogP contribution in [0.15, 0.2) is 133 Å². The quantitative estimate of drug-likeness (QED) is 0.224. The standard InChI is InChI=1S/C37H28S/c1-37(2)33-23-28(25-10-5-3-6-11-25)16-18-31(33)32-19-17-29(24-34(32)37)27-14-9-15-30(22-27)36-21-20-35(38-36)26-12-7-4-8-13-26/h3-24H,1-2H3. The Morgan fingerprint density at radius 1 is 0.395 bits per heavy atom. The molecule has 5 aromatic carbocycles. The van der Waals surface area contributed by atoms with Crippen LogP contribution >= 0.6 is 11.3 Å². The zero-order valence-electron chi connectivity index (χ0n) is 21.6. The van der Waals surface area contributed by atoms with Crippen LogP contribution in [-0.2, 0) is 5.41 Å². The molecule has 1 aromatic heterocycles. The predicted molar refractivity (Wildman–Crippen MR) is 164 cm³/mol. The number of benzene rings is 5. The van der Waals surface area contributed by atoms with Crippen LogP contribution in [0.25, 0.3) is 54.3 Å². The molecule has 0 bridgehead atoms. The van der Waals surface area contributed by atoms with Crippen molar-refractivity contribution < 1.29 is 0 Å². The third-order valence-corrected chi connectivity index (χ3v) is 9.11. The number of rotatable bonds is 4. The van der Waals surface area contributed by atoms with Gasteiger partial charge in [-0.25, -0.2) is 0 Å². The first-order chi connectivity index (χ1) is 18.6. The van der Waals surface area contributed by atoms with Crippen LogP contribution in [0.2, 0.25) is 0 Å². The van der Waals surface area contributed by atoms with Crippen molar-refractivity contribution in [2.75, 3.05) is 0 Å². The van der Waals surface area contributed by atoms with E-state index in [0.29, 0.717) is 0 Å². The van der Waals surface area contributed by atoms with E-state index < -0.39 is 0 Å². The lowest BCUT2D eigenvalue weighted by Gasteiger charge is -2.22. The predicted octanol–water partition coefficient (Wildman–Crippen LogP) is 10.7. The monoisotopic (exact) mass is 504 g/mol. The minimum absolute atomic E-state index is 0.0542. The van der Waals surface area contributed by atoms with Crippen molar-refractivity contribution in [1.82, 2.24) is 0 Å². The van der Waals surface area contributed by atoms with Gasteiger partial charge in [-0.05, 0) is 86.0 Å². The summed E-state index contributed by atoms with van der Waals surface area (Å²) >= 11 is 1.85. The van der Waals surface area contributed by atoms with Gasteiger partial charge in [-0.2, -0.15) is 0 Å². The Bertz CT molecular complexity index is 1770. The van der Waals surface area contributed by atoms with Gasteiger partial charge in [0.15, 0.2) is 0 Å². The zero-order chi connectivity index (χ0) is 25.7. The average molecular weight is 505 g/mol. The lowest BCUT2D eigenvalue weighted by molar-refractivity contribution is 0.661. The van der Waals surface area contributed by atoms with Crippen molar-refractivity contribution in [2.24, 2.45) is 0 Å². The molecule has 1 aliphatic carbocycles. The molecule has 0 atom stereocenters. The van der Waals surface area contributed by atoms with Crippen LogP contribution in [-0.4, -0.2) is 0 Å². The zero-order valence-corrected chi connectivity index (χ0v) is 22.4. The van der Waals surface area contributed by atoms with E-state index in [9.17, 15) is 0 Å². The van der Waals surface area contributed by atoms with E-state index in [1.807, 2.05) is 11.3 Å². The first-order valence-corrected chi connectivity index (χ1v) is 14.0. The maximum atomic E-state index is 2.42. The van der Waals surface area contributed by atoms with Crippen LogP contribution < -0.4 is 0 Å². The molecule has 1 heterocycles. The maximum Gasteiger partial charge on any atom is 0.0349 e. The summed E-state index contributed by atoms with van der Waals surface area (Å²) < 4.78 is 0. The van der Waals surface area contributed by atoms with E-state index in [4.69, 9.17) is 0 Å². The average Bonchev–Trinajstić information content (AvgIpc) is 3.56. The fourth-order valence-corrected chi connectivity index (χ4v) is 6.84. The summed E-state index contributed by atoms with van der Waals surface area (Å²) in [5, 5.41) is 0. The van der Waals surface area contributed by atoms with Crippen molar-refractivity contribution in [3.8, 4) is 54.3 Å². The SMILES string of the molecule is CC1(C)c2cc(-c3ccccc3)ccc2-c2ccc(-c3cccc(-c4ccc(-c5ccccc5)s4)c3)cc21. The normalized spacial score (nSPS) is 13.2. The molecule has 0 N–H and O–H groups in total. The number of hydrogen-bond donors (Lipinski definition) is 0. The summed E-state index contributed by atoms with van der Waals surface area (Å²) in [5.74, 6) is 0. The highest BCUT2D eigenvalue weighted by molar-refractivity contribution is 7.18. The second kappa shape index (κ2) is 8.97. The maximum absolute atomic E-state index is 2.42. The fraction of sp³-hybridized carbons (Fsp3) is 0.0811. The van der Waals surface area contributed by atoms with Crippen LogP contribution in [0, 0.1) is 0 Å². The van der Waals surface area contributed by atoms with Gasteiger partial charge in [0.25, 0.3) is 0 Å². The topological polar surface area (TPSA) is 0 Å². The largest absolute Gasteiger partial charge is 0.135 e. The van der Waals surface area contributed by atoms with Gasteiger partial charge in [0.2, 0.25) is 0 Å². The van der Waals surface area contributed by atoms with Crippen molar-refractivity contribution >= 4 is 11.3 Å². The molecular weight excluding hydrogens is 476 g/mol. The lowest BCUT2D eigenvalue weighted by atomic mass is 9.81. The van der Waals surface area contributed by atoms with E-state index in [-0.39, 0.29) is 5.41 Å². The summed E-state index contributed by atoms with van der Waals surface area (Å²) in [4.78, 5) is 2.60. The second-order valence-electron chi connectivity index (χ2n) is 10.6. The molecule has 0 spiro atoms. The van der Waals surface area contributed by atoms with E-state index in [1.165, 1.54) is 65.4 Å². The summed E-state index contributed by atoms with van der Waals surface area (Å²) in [6.45, 7) is 4.73. The molecule has 0 fully saturated rings. The second-order valence-corrected chi connectivity index (χ2v) is 11.7. The Kier molecular flexibility index (Phi) is 5.42. The molecule has 0 saturated carbocycles. The highest BCUT2D eigenvalue weighted by Gasteiger charge is 2.35. The van der Waals surface area contributed by atoms with Gasteiger partial charge in [-0.15, -0.1) is 11.3 Å². The van der Waals surface area contributed by atoms with E-state index >= 15 is 0 Å². The van der Waals surface area contributed by atoms with Gasteiger partial charge in [0.1, 0.15) is 0 Å². The van der Waals surface area contributed by atoms with Gasteiger partial charge < -0.3 is 0 Å². The van der Waals surface area contributed by atoms with Crippen LogP contribution in [0.3, 0.4) is 0 Å². The smallest absolute Gasteiger partial charge is 0.0349 e. The minimum atomic E-state index is -0.0542. The first kappa shape index (κ1) is 23.0. The van der Waals surface area contributed by atoms with Crippen LogP contribution in [0.4, 0.5) is 0 Å². The highest BCUT2D eigenvalue weighted by atomic mass is 32.1. The third-order valence-electron chi connectivity index (χ3n) is 7.93. The number of fused-ring (bicyclic) bond motifs is 3. The lowest BCUT2D eigenvalue weighted by Crippen LogP contribution is -2.15. The molecule has 0 amide bonds.